The van der Waals surface area contributed by atoms with E-state index >= 15 is 0 Å². The Morgan fingerprint density at radius 3 is 2.71 bits per heavy atom. The van der Waals surface area contributed by atoms with Crippen LogP contribution in [0.2, 0.25) is 0 Å². The molecule has 1 aromatic heterocycles. The van der Waals surface area contributed by atoms with Gasteiger partial charge in [-0.05, 0) is 6.07 Å². The highest BCUT2D eigenvalue weighted by atomic mass is 32.2. The zero-order chi connectivity index (χ0) is 14.9. The molecule has 1 aliphatic heterocycles. The van der Waals surface area contributed by atoms with E-state index in [1.54, 1.807) is 24.2 Å². The summed E-state index contributed by atoms with van der Waals surface area (Å²) < 4.78 is 0. The second kappa shape index (κ2) is 8.37. The number of anilines is 1. The van der Waals surface area contributed by atoms with E-state index in [4.69, 9.17) is 12.2 Å². The summed E-state index contributed by atoms with van der Waals surface area (Å²) in [5, 5.41) is 0. The molecule has 2 heterocycles. The van der Waals surface area contributed by atoms with Crippen molar-refractivity contribution in [3.05, 3.63) is 18.5 Å². The van der Waals surface area contributed by atoms with Crippen LogP contribution in [0.4, 0.5) is 5.95 Å². The molecule has 1 aliphatic rings. The average molecular weight is 304 g/mol. The second-order valence-electron chi connectivity index (χ2n) is 4.52. The zero-order valence-corrected chi connectivity index (χ0v) is 12.8. The van der Waals surface area contributed by atoms with Crippen LogP contribution in [-0.4, -0.2) is 65.1 Å². The first-order valence-corrected chi connectivity index (χ1v) is 8.05. The number of terminal acetylenes is 1. The summed E-state index contributed by atoms with van der Waals surface area (Å²) in [7, 11) is 0. The SMILES string of the molecule is C#CCSCCN=C(N)N1CCN(c2ncccn2)CC1. The lowest BCUT2D eigenvalue weighted by Crippen LogP contribution is -2.51. The molecule has 0 aromatic carbocycles. The van der Waals surface area contributed by atoms with Crippen LogP contribution in [0.3, 0.4) is 0 Å². The van der Waals surface area contributed by atoms with Crippen molar-refractivity contribution in [3.63, 3.8) is 0 Å². The highest BCUT2D eigenvalue weighted by Crippen LogP contribution is 2.09. The van der Waals surface area contributed by atoms with E-state index < -0.39 is 0 Å². The minimum atomic E-state index is 0.616. The van der Waals surface area contributed by atoms with E-state index in [1.165, 1.54) is 0 Å². The Balaban J connectivity index is 1.75. The van der Waals surface area contributed by atoms with Crippen molar-refractivity contribution in [1.82, 2.24) is 14.9 Å². The van der Waals surface area contributed by atoms with Crippen molar-refractivity contribution < 1.29 is 0 Å². The molecule has 6 nitrogen and oxygen atoms in total. The Labute approximate surface area is 129 Å². The van der Waals surface area contributed by atoms with E-state index in [-0.39, 0.29) is 0 Å². The number of thioether (sulfide) groups is 1. The standard InChI is InChI=1S/C14H20N6S/c1-2-11-21-12-6-16-13(15)19-7-9-20(10-8-19)14-17-4-3-5-18-14/h1,3-5H,6-12H2,(H2,15,16). The van der Waals surface area contributed by atoms with Gasteiger partial charge in [-0.3, -0.25) is 4.99 Å². The lowest BCUT2D eigenvalue weighted by Gasteiger charge is -2.35. The molecule has 2 N–H and O–H groups in total. The summed E-state index contributed by atoms with van der Waals surface area (Å²) in [5.74, 6) is 5.62. The van der Waals surface area contributed by atoms with Crippen molar-refractivity contribution in [2.75, 3.05) is 49.1 Å². The lowest BCUT2D eigenvalue weighted by molar-refractivity contribution is 0.378. The summed E-state index contributed by atoms with van der Waals surface area (Å²) in [6, 6.07) is 1.82. The largest absolute Gasteiger partial charge is 0.370 e. The number of nitrogens with zero attached hydrogens (tertiary/aromatic N) is 5. The minimum Gasteiger partial charge on any atom is -0.370 e. The summed E-state index contributed by atoms with van der Waals surface area (Å²) in [6.45, 7) is 4.09. The number of aliphatic imine (C=N–C) groups is 1. The quantitative estimate of drug-likeness (QED) is 0.365. The van der Waals surface area contributed by atoms with Crippen LogP contribution in [0.15, 0.2) is 23.5 Å². The molecule has 112 valence electrons. The van der Waals surface area contributed by atoms with Gasteiger partial charge in [0.1, 0.15) is 0 Å². The molecule has 0 amide bonds. The van der Waals surface area contributed by atoms with Crippen LogP contribution in [0.1, 0.15) is 0 Å². The van der Waals surface area contributed by atoms with E-state index in [9.17, 15) is 0 Å². The summed E-state index contributed by atoms with van der Waals surface area (Å²) in [5.41, 5.74) is 6.02. The summed E-state index contributed by atoms with van der Waals surface area (Å²) in [6.07, 6.45) is 8.72. The monoisotopic (exact) mass is 304 g/mol. The average Bonchev–Trinajstić information content (AvgIpc) is 2.55. The van der Waals surface area contributed by atoms with Crippen molar-refractivity contribution in [3.8, 4) is 12.3 Å². The number of aromatic nitrogens is 2. The topological polar surface area (TPSA) is 70.6 Å². The maximum Gasteiger partial charge on any atom is 0.225 e. The highest BCUT2D eigenvalue weighted by Gasteiger charge is 2.19. The van der Waals surface area contributed by atoms with Crippen LogP contribution in [-0.2, 0) is 0 Å². The molecular weight excluding hydrogens is 284 g/mol. The minimum absolute atomic E-state index is 0.616. The van der Waals surface area contributed by atoms with E-state index in [0.29, 0.717) is 12.5 Å². The fourth-order valence-corrected chi connectivity index (χ4v) is 2.53. The van der Waals surface area contributed by atoms with Gasteiger partial charge in [0.05, 0.1) is 12.3 Å². The highest BCUT2D eigenvalue weighted by molar-refractivity contribution is 7.99. The Bertz CT molecular complexity index is 490. The molecule has 0 aliphatic carbocycles. The Hall–Kier alpha value is -1.94. The lowest BCUT2D eigenvalue weighted by atomic mass is 10.3. The van der Waals surface area contributed by atoms with Gasteiger partial charge in [0.25, 0.3) is 0 Å². The molecule has 7 heteroatoms. The number of rotatable bonds is 5. The number of guanidine groups is 1. The summed E-state index contributed by atoms with van der Waals surface area (Å²) >= 11 is 1.70. The number of hydrogen-bond donors (Lipinski definition) is 1. The van der Waals surface area contributed by atoms with E-state index in [1.807, 2.05) is 6.07 Å². The van der Waals surface area contributed by atoms with Crippen LogP contribution in [0.5, 0.6) is 0 Å². The Kier molecular flexibility index (Phi) is 6.16. The van der Waals surface area contributed by atoms with Gasteiger partial charge in [-0.15, -0.1) is 18.2 Å². The van der Waals surface area contributed by atoms with Crippen molar-refractivity contribution in [2.45, 2.75) is 0 Å². The van der Waals surface area contributed by atoms with Crippen LogP contribution in [0.25, 0.3) is 0 Å². The van der Waals surface area contributed by atoms with Gasteiger partial charge >= 0.3 is 0 Å². The smallest absolute Gasteiger partial charge is 0.225 e. The molecule has 1 fully saturated rings. The predicted molar refractivity (Wildman–Crippen MR) is 88.5 cm³/mol. The van der Waals surface area contributed by atoms with Crippen LogP contribution >= 0.6 is 11.8 Å². The van der Waals surface area contributed by atoms with Gasteiger partial charge in [0, 0.05) is 44.3 Å². The van der Waals surface area contributed by atoms with Crippen molar-refractivity contribution in [1.29, 1.82) is 0 Å². The molecule has 1 saturated heterocycles. The molecule has 0 bridgehead atoms. The molecule has 0 saturated carbocycles. The maximum absolute atomic E-state index is 6.02. The molecule has 2 rings (SSSR count). The van der Waals surface area contributed by atoms with Crippen molar-refractivity contribution >= 4 is 23.7 Å². The first-order valence-electron chi connectivity index (χ1n) is 6.89. The molecule has 0 atom stereocenters. The van der Waals surface area contributed by atoms with Crippen LogP contribution in [0, 0.1) is 12.3 Å². The van der Waals surface area contributed by atoms with E-state index in [2.05, 4.69) is 30.7 Å². The third-order valence-corrected chi connectivity index (χ3v) is 3.98. The maximum atomic E-state index is 6.02. The fraction of sp³-hybridized carbons (Fsp3) is 0.500. The van der Waals surface area contributed by atoms with Gasteiger partial charge < -0.3 is 15.5 Å². The Morgan fingerprint density at radius 1 is 1.33 bits per heavy atom. The third-order valence-electron chi connectivity index (χ3n) is 3.13. The van der Waals surface area contributed by atoms with E-state index in [0.717, 1.165) is 43.6 Å². The summed E-state index contributed by atoms with van der Waals surface area (Å²) in [4.78, 5) is 17.2. The molecule has 0 spiro atoms. The Morgan fingerprint density at radius 2 is 2.05 bits per heavy atom. The molecule has 21 heavy (non-hydrogen) atoms. The van der Waals surface area contributed by atoms with Gasteiger partial charge in [-0.25, -0.2) is 9.97 Å². The third kappa shape index (κ3) is 4.83. The van der Waals surface area contributed by atoms with Gasteiger partial charge in [-0.2, -0.15) is 0 Å². The predicted octanol–water partition coefficient (Wildman–Crippen LogP) is 0.280. The molecule has 0 unspecified atom stereocenters. The fourth-order valence-electron chi connectivity index (χ4n) is 2.05. The first-order chi connectivity index (χ1) is 10.3. The van der Waals surface area contributed by atoms with Gasteiger partial charge in [0.2, 0.25) is 5.95 Å². The normalized spacial score (nSPS) is 15.9. The van der Waals surface area contributed by atoms with Gasteiger partial charge in [0.15, 0.2) is 5.96 Å². The molecule has 0 radical (unpaired) electrons. The van der Waals surface area contributed by atoms with Gasteiger partial charge in [-0.1, -0.05) is 5.92 Å². The first kappa shape index (κ1) is 15.4. The van der Waals surface area contributed by atoms with Crippen molar-refractivity contribution in [2.24, 2.45) is 10.7 Å². The number of hydrogen-bond acceptors (Lipinski definition) is 5. The molecule has 1 aromatic rings. The van der Waals surface area contributed by atoms with Crippen LogP contribution < -0.4 is 10.6 Å². The number of piperazine rings is 1. The number of nitrogens with two attached hydrogens (primary N) is 1. The molecular formula is C14H20N6S. The second-order valence-corrected chi connectivity index (χ2v) is 5.62. The zero-order valence-electron chi connectivity index (χ0n) is 12.0.